The number of rotatable bonds is 3. The number of hydrogen-bond acceptors (Lipinski definition) is 4. The maximum Gasteiger partial charge on any atom is 0.321 e. The number of aliphatic carboxylic acids is 1. The summed E-state index contributed by atoms with van der Waals surface area (Å²) < 4.78 is 0. The minimum atomic E-state index is -0.958. The highest BCUT2D eigenvalue weighted by Crippen LogP contribution is 2.26. The molecule has 2 atom stereocenters. The summed E-state index contributed by atoms with van der Waals surface area (Å²) in [6.45, 7) is 0.778. The van der Waals surface area contributed by atoms with Crippen molar-refractivity contribution >= 4 is 17.6 Å². The van der Waals surface area contributed by atoms with Crippen LogP contribution < -0.4 is 0 Å². The van der Waals surface area contributed by atoms with Gasteiger partial charge in [-0.3, -0.25) is 9.69 Å². The van der Waals surface area contributed by atoms with Crippen LogP contribution >= 0.6 is 11.6 Å². The topological polar surface area (TPSA) is 81.0 Å². The molecule has 1 aliphatic heterocycles. The first-order valence-electron chi connectivity index (χ1n) is 6.09. The maximum atomic E-state index is 11.2. The minimum absolute atomic E-state index is 0.0969. The van der Waals surface area contributed by atoms with Crippen LogP contribution in [0.15, 0.2) is 18.2 Å². The van der Waals surface area contributed by atoms with Crippen LogP contribution in [0, 0.1) is 0 Å². The number of carboxylic acids is 1. The fourth-order valence-electron chi connectivity index (χ4n) is 2.34. The van der Waals surface area contributed by atoms with Crippen LogP contribution in [-0.4, -0.2) is 44.9 Å². The van der Waals surface area contributed by atoms with Gasteiger partial charge in [0.25, 0.3) is 0 Å². The van der Waals surface area contributed by atoms with Gasteiger partial charge in [0.2, 0.25) is 0 Å². The van der Waals surface area contributed by atoms with Gasteiger partial charge >= 0.3 is 5.97 Å². The zero-order chi connectivity index (χ0) is 14.0. The number of nitrogens with zero attached hydrogens (tertiary/aromatic N) is 1. The van der Waals surface area contributed by atoms with Crippen LogP contribution in [0.25, 0.3) is 0 Å². The Labute approximate surface area is 116 Å². The van der Waals surface area contributed by atoms with Crippen LogP contribution in [0.1, 0.15) is 18.4 Å². The number of piperidine rings is 1. The number of benzene rings is 1. The predicted octanol–water partition coefficient (Wildman–Crippen LogP) is 1.46. The summed E-state index contributed by atoms with van der Waals surface area (Å²) in [7, 11) is 0. The zero-order valence-electron chi connectivity index (χ0n) is 10.3. The second-order valence-electron chi connectivity index (χ2n) is 4.78. The summed E-state index contributed by atoms with van der Waals surface area (Å²) >= 11 is 5.87. The molecule has 0 saturated carbocycles. The summed E-state index contributed by atoms with van der Waals surface area (Å²) in [5.74, 6) is -0.861. The summed E-state index contributed by atoms with van der Waals surface area (Å²) in [5.41, 5.74) is 0.593. The number of aromatic hydroxyl groups is 1. The molecule has 1 heterocycles. The van der Waals surface area contributed by atoms with E-state index in [0.717, 1.165) is 0 Å². The van der Waals surface area contributed by atoms with E-state index < -0.39 is 18.1 Å². The molecule has 0 aliphatic carbocycles. The molecule has 0 amide bonds. The first-order valence-corrected chi connectivity index (χ1v) is 6.47. The average molecular weight is 286 g/mol. The third-order valence-electron chi connectivity index (χ3n) is 3.39. The minimum Gasteiger partial charge on any atom is -0.508 e. The van der Waals surface area contributed by atoms with Crippen molar-refractivity contribution in [2.24, 2.45) is 0 Å². The van der Waals surface area contributed by atoms with Gasteiger partial charge in [-0.25, -0.2) is 0 Å². The number of likely N-dealkylation sites (tertiary alicyclic amines) is 1. The largest absolute Gasteiger partial charge is 0.508 e. The van der Waals surface area contributed by atoms with Gasteiger partial charge in [0.05, 0.1) is 6.10 Å². The van der Waals surface area contributed by atoms with Crippen molar-refractivity contribution < 1.29 is 20.1 Å². The molecule has 1 fully saturated rings. The number of hydrogen-bond donors (Lipinski definition) is 3. The molecule has 0 unspecified atom stereocenters. The average Bonchev–Trinajstić information content (AvgIpc) is 2.35. The third-order valence-corrected chi connectivity index (χ3v) is 3.62. The zero-order valence-corrected chi connectivity index (χ0v) is 11.0. The summed E-state index contributed by atoms with van der Waals surface area (Å²) in [6, 6.07) is 3.96. The molecule has 6 heteroatoms. The van der Waals surface area contributed by atoms with E-state index in [1.54, 1.807) is 17.0 Å². The number of aliphatic hydroxyl groups is 1. The summed E-state index contributed by atoms with van der Waals surface area (Å²) in [5, 5.41) is 29.0. The quantitative estimate of drug-likeness (QED) is 0.783. The van der Waals surface area contributed by atoms with E-state index in [0.29, 0.717) is 30.1 Å². The van der Waals surface area contributed by atoms with E-state index in [2.05, 4.69) is 0 Å². The first-order chi connectivity index (χ1) is 8.97. The Bertz CT molecular complexity index is 480. The van der Waals surface area contributed by atoms with E-state index in [9.17, 15) is 20.1 Å². The molecule has 2 rings (SSSR count). The van der Waals surface area contributed by atoms with E-state index in [4.69, 9.17) is 11.6 Å². The Morgan fingerprint density at radius 2 is 2.21 bits per heavy atom. The highest BCUT2D eigenvalue weighted by Gasteiger charge is 2.32. The van der Waals surface area contributed by atoms with Gasteiger partial charge in [-0.15, -0.1) is 0 Å². The van der Waals surface area contributed by atoms with Crippen molar-refractivity contribution in [1.29, 1.82) is 0 Å². The highest BCUT2D eigenvalue weighted by molar-refractivity contribution is 6.30. The summed E-state index contributed by atoms with van der Waals surface area (Å²) in [6.07, 6.45) is 0.159. The lowest BCUT2D eigenvalue weighted by Crippen LogP contribution is -2.48. The normalized spacial score (nSPS) is 24.3. The summed E-state index contributed by atoms with van der Waals surface area (Å²) in [4.78, 5) is 12.9. The molecule has 0 spiro atoms. The number of phenolic OH excluding ortho intramolecular Hbond substituents is 1. The Morgan fingerprint density at radius 3 is 2.89 bits per heavy atom. The van der Waals surface area contributed by atoms with Crippen LogP contribution in [0.3, 0.4) is 0 Å². The van der Waals surface area contributed by atoms with E-state index in [-0.39, 0.29) is 12.2 Å². The Kier molecular flexibility index (Phi) is 4.29. The standard InChI is InChI=1S/C13H16ClNO4/c14-9-1-2-12(17)8(5-9)7-15-4-3-10(16)6-11(15)13(18)19/h1-2,5,10-11,16-17H,3-4,6-7H2,(H,18,19)/t10-,11+/m0/s1. The monoisotopic (exact) mass is 285 g/mol. The fraction of sp³-hybridized carbons (Fsp3) is 0.462. The van der Waals surface area contributed by atoms with Crippen molar-refractivity contribution in [3.05, 3.63) is 28.8 Å². The highest BCUT2D eigenvalue weighted by atomic mass is 35.5. The second kappa shape index (κ2) is 5.77. The molecule has 1 aliphatic rings. The molecule has 0 radical (unpaired) electrons. The lowest BCUT2D eigenvalue weighted by molar-refractivity contribution is -0.147. The van der Waals surface area contributed by atoms with Gasteiger partial charge in [0, 0.05) is 23.7 Å². The third kappa shape index (κ3) is 3.37. The van der Waals surface area contributed by atoms with Crippen LogP contribution in [0.2, 0.25) is 5.02 Å². The van der Waals surface area contributed by atoms with Crippen LogP contribution in [-0.2, 0) is 11.3 Å². The number of carbonyl (C=O) groups is 1. The van der Waals surface area contributed by atoms with Crippen molar-refractivity contribution in [1.82, 2.24) is 4.90 Å². The van der Waals surface area contributed by atoms with Gasteiger partial charge in [0.1, 0.15) is 11.8 Å². The van der Waals surface area contributed by atoms with E-state index in [1.807, 2.05) is 0 Å². The molecule has 3 N–H and O–H groups in total. The molecule has 1 aromatic carbocycles. The predicted molar refractivity (Wildman–Crippen MR) is 70.2 cm³/mol. The van der Waals surface area contributed by atoms with Gasteiger partial charge < -0.3 is 15.3 Å². The van der Waals surface area contributed by atoms with Crippen LogP contribution in [0.4, 0.5) is 0 Å². The SMILES string of the molecule is O=C(O)[C@H]1C[C@@H](O)CCN1Cc1cc(Cl)ccc1O. The Hall–Kier alpha value is -1.30. The van der Waals surface area contributed by atoms with Crippen molar-refractivity contribution in [3.8, 4) is 5.75 Å². The lowest BCUT2D eigenvalue weighted by Gasteiger charge is -2.35. The van der Waals surface area contributed by atoms with Gasteiger partial charge in [-0.1, -0.05) is 11.6 Å². The lowest BCUT2D eigenvalue weighted by atomic mass is 9.98. The number of halogens is 1. The van der Waals surface area contributed by atoms with Crippen molar-refractivity contribution in [3.63, 3.8) is 0 Å². The number of phenols is 1. The van der Waals surface area contributed by atoms with Crippen molar-refractivity contribution in [2.75, 3.05) is 6.54 Å². The molecule has 0 bridgehead atoms. The van der Waals surface area contributed by atoms with Gasteiger partial charge in [0.15, 0.2) is 0 Å². The molecular formula is C13H16ClNO4. The Morgan fingerprint density at radius 1 is 1.47 bits per heavy atom. The molecule has 0 aromatic heterocycles. The Balaban J connectivity index is 2.16. The maximum absolute atomic E-state index is 11.2. The number of aliphatic hydroxyl groups excluding tert-OH is 1. The molecular weight excluding hydrogens is 270 g/mol. The van der Waals surface area contributed by atoms with Crippen molar-refractivity contribution in [2.45, 2.75) is 31.5 Å². The smallest absolute Gasteiger partial charge is 0.321 e. The van der Waals surface area contributed by atoms with Gasteiger partial charge in [-0.2, -0.15) is 0 Å². The van der Waals surface area contributed by atoms with Crippen LogP contribution in [0.5, 0.6) is 5.75 Å². The van der Waals surface area contributed by atoms with E-state index in [1.165, 1.54) is 6.07 Å². The molecule has 5 nitrogen and oxygen atoms in total. The molecule has 1 saturated heterocycles. The van der Waals surface area contributed by atoms with E-state index >= 15 is 0 Å². The molecule has 1 aromatic rings. The second-order valence-corrected chi connectivity index (χ2v) is 5.21. The van der Waals surface area contributed by atoms with Gasteiger partial charge in [-0.05, 0) is 31.0 Å². The molecule has 104 valence electrons. The molecule has 19 heavy (non-hydrogen) atoms. The first kappa shape index (κ1) is 14.1. The number of carboxylic acid groups (broad SMARTS) is 1. The fourth-order valence-corrected chi connectivity index (χ4v) is 2.54.